The van der Waals surface area contributed by atoms with Crippen molar-refractivity contribution < 1.29 is 0 Å². The van der Waals surface area contributed by atoms with Crippen molar-refractivity contribution in [2.24, 2.45) is 10.7 Å². The van der Waals surface area contributed by atoms with Crippen molar-refractivity contribution in [3.05, 3.63) is 47.4 Å². The van der Waals surface area contributed by atoms with Crippen molar-refractivity contribution >= 4 is 33.6 Å². The molecule has 1 saturated heterocycles. The minimum atomic E-state index is 0.579. The van der Waals surface area contributed by atoms with Crippen molar-refractivity contribution in [2.45, 2.75) is 25.7 Å². The maximum atomic E-state index is 5.80. The van der Waals surface area contributed by atoms with Crippen LogP contribution in [0, 0.1) is 6.92 Å². The van der Waals surface area contributed by atoms with Crippen LogP contribution in [0.3, 0.4) is 0 Å². The number of hydrogen-bond acceptors (Lipinski definition) is 4. The molecule has 3 aromatic rings. The van der Waals surface area contributed by atoms with Crippen molar-refractivity contribution in [1.29, 1.82) is 0 Å². The normalized spacial score (nSPS) is 16.9. The summed E-state index contributed by atoms with van der Waals surface area (Å²) in [6, 6.07) is 6.39. The molecule has 0 amide bonds. The largest absolute Gasteiger partial charge is 0.404 e. The third-order valence-electron chi connectivity index (χ3n) is 5.45. The number of aromatic amines is 1. The fourth-order valence-electron chi connectivity index (χ4n) is 4.09. The van der Waals surface area contributed by atoms with Crippen LogP contribution in [0.15, 0.2) is 35.6 Å². The van der Waals surface area contributed by atoms with Gasteiger partial charge in [-0.25, -0.2) is 4.98 Å². The van der Waals surface area contributed by atoms with Gasteiger partial charge in [0.05, 0.1) is 0 Å². The van der Waals surface area contributed by atoms with Gasteiger partial charge in [0.25, 0.3) is 0 Å². The maximum Gasteiger partial charge on any atom is 0.138 e. The Labute approximate surface area is 153 Å². The maximum absolute atomic E-state index is 5.80. The van der Waals surface area contributed by atoms with Gasteiger partial charge in [0.1, 0.15) is 5.65 Å². The summed E-state index contributed by atoms with van der Waals surface area (Å²) in [6.45, 7) is 4.38. The Kier molecular flexibility index (Phi) is 4.47. The Morgan fingerprint density at radius 2 is 2.12 bits per heavy atom. The number of fused-ring (bicyclic) bond motifs is 3. The number of nitrogens with one attached hydrogen (secondary N) is 2. The van der Waals surface area contributed by atoms with Gasteiger partial charge < -0.3 is 16.0 Å². The lowest BCUT2D eigenvalue weighted by Gasteiger charge is -2.22. The van der Waals surface area contributed by atoms with Gasteiger partial charge in [0.2, 0.25) is 0 Å². The van der Waals surface area contributed by atoms with Gasteiger partial charge in [0, 0.05) is 53.6 Å². The molecule has 2 aromatic heterocycles. The predicted molar refractivity (Wildman–Crippen MR) is 110 cm³/mol. The summed E-state index contributed by atoms with van der Waals surface area (Å²) in [6.07, 6.45) is 7.69. The van der Waals surface area contributed by atoms with Crippen LogP contribution >= 0.6 is 0 Å². The number of piperidine rings is 1. The van der Waals surface area contributed by atoms with Gasteiger partial charge in [-0.1, -0.05) is 12.1 Å². The van der Waals surface area contributed by atoms with E-state index in [0.29, 0.717) is 5.92 Å². The summed E-state index contributed by atoms with van der Waals surface area (Å²) in [7, 11) is 1.76. The van der Waals surface area contributed by atoms with Gasteiger partial charge in [0.15, 0.2) is 0 Å². The zero-order valence-electron chi connectivity index (χ0n) is 15.3. The highest BCUT2D eigenvalue weighted by Crippen LogP contribution is 2.35. The number of hydrogen-bond donors (Lipinski definition) is 3. The van der Waals surface area contributed by atoms with E-state index in [1.807, 2.05) is 6.20 Å². The predicted octanol–water partition coefficient (Wildman–Crippen LogP) is 3.49. The number of allylic oxidation sites excluding steroid dienone is 1. The van der Waals surface area contributed by atoms with Crippen LogP contribution in [0.5, 0.6) is 0 Å². The molecule has 0 saturated carbocycles. The summed E-state index contributed by atoms with van der Waals surface area (Å²) >= 11 is 0. The molecule has 1 aliphatic heterocycles. The highest BCUT2D eigenvalue weighted by Gasteiger charge is 2.21. The summed E-state index contributed by atoms with van der Waals surface area (Å²) in [5.74, 6) is 0.579. The molecule has 4 N–H and O–H groups in total. The molecule has 1 aliphatic rings. The van der Waals surface area contributed by atoms with E-state index >= 15 is 0 Å². The molecule has 1 fully saturated rings. The lowest BCUT2D eigenvalue weighted by atomic mass is 9.91. The monoisotopic (exact) mass is 347 g/mol. The SMILES string of the molecule is CN=C/C(=C\N)c1ccc2cnc3[nH]c(C4CCNCC4)c(C)c3c2c1. The Morgan fingerprint density at radius 3 is 2.85 bits per heavy atom. The number of aliphatic imine (C=N–C) groups is 1. The molecule has 3 heterocycles. The minimum absolute atomic E-state index is 0.579. The van der Waals surface area contributed by atoms with Crippen LogP contribution in [0.25, 0.3) is 27.4 Å². The molecule has 0 radical (unpaired) electrons. The quantitative estimate of drug-likeness (QED) is 0.635. The second kappa shape index (κ2) is 6.92. The minimum Gasteiger partial charge on any atom is -0.404 e. The van der Waals surface area contributed by atoms with E-state index in [-0.39, 0.29) is 0 Å². The standard InChI is InChI=1S/C21H25N5/c1-13-19-18-9-15(17(10-22)11-23-2)3-4-16(18)12-25-21(19)26-20(13)14-5-7-24-8-6-14/h3-4,9-12,14,24H,5-8,22H2,1-2H3,(H,25,26)/b17-10+,23-11?. The molecular formula is C21H25N5. The fraction of sp³-hybridized carbons (Fsp3) is 0.333. The van der Waals surface area contributed by atoms with E-state index in [1.54, 1.807) is 19.5 Å². The zero-order chi connectivity index (χ0) is 18.1. The molecule has 0 aliphatic carbocycles. The van der Waals surface area contributed by atoms with Crippen molar-refractivity contribution in [1.82, 2.24) is 15.3 Å². The van der Waals surface area contributed by atoms with E-state index in [2.05, 4.69) is 45.4 Å². The van der Waals surface area contributed by atoms with Gasteiger partial charge in [-0.3, -0.25) is 4.99 Å². The molecule has 0 atom stereocenters. The van der Waals surface area contributed by atoms with Gasteiger partial charge in [-0.2, -0.15) is 0 Å². The lowest BCUT2D eigenvalue weighted by molar-refractivity contribution is 0.453. The molecule has 0 spiro atoms. The first-order chi connectivity index (χ1) is 12.7. The van der Waals surface area contributed by atoms with E-state index in [1.165, 1.54) is 34.9 Å². The summed E-state index contributed by atoms with van der Waals surface area (Å²) < 4.78 is 0. The zero-order valence-corrected chi connectivity index (χ0v) is 15.3. The highest BCUT2D eigenvalue weighted by molar-refractivity contribution is 6.13. The molecule has 0 bridgehead atoms. The number of aryl methyl sites for hydroxylation is 1. The average Bonchev–Trinajstić information content (AvgIpc) is 3.03. The first-order valence-corrected chi connectivity index (χ1v) is 9.19. The molecule has 1 aromatic carbocycles. The number of H-pyrrole nitrogens is 1. The third kappa shape index (κ3) is 2.78. The first kappa shape index (κ1) is 16.8. The van der Waals surface area contributed by atoms with Gasteiger partial charge >= 0.3 is 0 Å². The Hall–Kier alpha value is -2.66. The van der Waals surface area contributed by atoms with E-state index in [0.717, 1.165) is 35.3 Å². The van der Waals surface area contributed by atoms with Crippen LogP contribution in [-0.4, -0.2) is 36.3 Å². The van der Waals surface area contributed by atoms with E-state index < -0.39 is 0 Å². The summed E-state index contributed by atoms with van der Waals surface area (Å²) in [5.41, 5.74) is 11.4. The first-order valence-electron chi connectivity index (χ1n) is 9.19. The smallest absolute Gasteiger partial charge is 0.138 e. The molecule has 26 heavy (non-hydrogen) atoms. The van der Waals surface area contributed by atoms with E-state index in [4.69, 9.17) is 5.73 Å². The second-order valence-electron chi connectivity index (χ2n) is 6.98. The summed E-state index contributed by atoms with van der Waals surface area (Å²) in [5, 5.41) is 7.03. The molecular weight excluding hydrogens is 322 g/mol. The van der Waals surface area contributed by atoms with Crippen molar-refractivity contribution in [2.75, 3.05) is 20.1 Å². The third-order valence-corrected chi connectivity index (χ3v) is 5.45. The Balaban J connectivity index is 1.91. The fourth-order valence-corrected chi connectivity index (χ4v) is 4.09. The number of pyridine rings is 1. The molecule has 5 nitrogen and oxygen atoms in total. The van der Waals surface area contributed by atoms with Crippen LogP contribution in [-0.2, 0) is 0 Å². The molecule has 134 valence electrons. The molecule has 4 rings (SSSR count). The summed E-state index contributed by atoms with van der Waals surface area (Å²) in [4.78, 5) is 12.4. The van der Waals surface area contributed by atoms with Crippen LogP contribution in [0.1, 0.15) is 35.6 Å². The van der Waals surface area contributed by atoms with E-state index in [9.17, 15) is 0 Å². The number of aromatic nitrogens is 2. The van der Waals surface area contributed by atoms with Gasteiger partial charge in [-0.05, 0) is 55.4 Å². The Bertz CT molecular complexity index is 1010. The number of rotatable bonds is 3. The highest BCUT2D eigenvalue weighted by atomic mass is 14.9. The van der Waals surface area contributed by atoms with Crippen LogP contribution < -0.4 is 11.1 Å². The van der Waals surface area contributed by atoms with Crippen LogP contribution in [0.2, 0.25) is 0 Å². The lowest BCUT2D eigenvalue weighted by Crippen LogP contribution is -2.27. The van der Waals surface area contributed by atoms with Crippen molar-refractivity contribution in [3.63, 3.8) is 0 Å². The molecule has 5 heteroatoms. The van der Waals surface area contributed by atoms with Crippen LogP contribution in [0.4, 0.5) is 0 Å². The van der Waals surface area contributed by atoms with Gasteiger partial charge in [-0.15, -0.1) is 0 Å². The second-order valence-corrected chi connectivity index (χ2v) is 6.98. The number of benzene rings is 1. The van der Waals surface area contributed by atoms with Crippen molar-refractivity contribution in [3.8, 4) is 0 Å². The number of nitrogens with zero attached hydrogens (tertiary/aromatic N) is 2. The average molecular weight is 347 g/mol. The topological polar surface area (TPSA) is 79.1 Å². The Morgan fingerprint density at radius 1 is 1.31 bits per heavy atom. The molecule has 0 unspecified atom stereocenters. The number of nitrogens with two attached hydrogens (primary N) is 1.